The molecule has 8 nitrogen and oxygen atoms in total. The van der Waals surface area contributed by atoms with Crippen molar-refractivity contribution in [2.75, 3.05) is 12.4 Å². The summed E-state index contributed by atoms with van der Waals surface area (Å²) >= 11 is 6.13. The van der Waals surface area contributed by atoms with E-state index < -0.39 is 0 Å². The molecule has 3 aromatic heterocycles. The van der Waals surface area contributed by atoms with Gasteiger partial charge in [-0.1, -0.05) is 23.7 Å². The zero-order valence-corrected chi connectivity index (χ0v) is 15.7. The van der Waals surface area contributed by atoms with E-state index in [1.807, 2.05) is 31.4 Å². The third kappa shape index (κ3) is 2.93. The number of hydrogen-bond donors (Lipinski definition) is 2. The molecule has 4 aromatic rings. The van der Waals surface area contributed by atoms with Gasteiger partial charge in [0.15, 0.2) is 5.65 Å². The highest BCUT2D eigenvalue weighted by molar-refractivity contribution is 6.30. The average Bonchev–Trinajstić information content (AvgIpc) is 3.18. The highest BCUT2D eigenvalue weighted by Gasteiger charge is 2.16. The van der Waals surface area contributed by atoms with Crippen LogP contribution in [0, 0.1) is 0 Å². The van der Waals surface area contributed by atoms with Gasteiger partial charge in [-0.2, -0.15) is 5.10 Å². The van der Waals surface area contributed by atoms with Crippen LogP contribution >= 0.6 is 11.6 Å². The summed E-state index contributed by atoms with van der Waals surface area (Å²) in [5, 5.41) is 11.1. The van der Waals surface area contributed by atoms with E-state index in [0.29, 0.717) is 28.2 Å². The van der Waals surface area contributed by atoms with Gasteiger partial charge in [0.2, 0.25) is 0 Å². The number of hydrogen-bond acceptors (Lipinski definition) is 5. The third-order valence-corrected chi connectivity index (χ3v) is 4.48. The van der Waals surface area contributed by atoms with Crippen molar-refractivity contribution < 1.29 is 4.74 Å². The van der Waals surface area contributed by atoms with Crippen molar-refractivity contribution in [2.45, 2.75) is 0 Å². The molecule has 138 valence electrons. The summed E-state index contributed by atoms with van der Waals surface area (Å²) in [6.45, 7) is 0. The molecule has 0 spiro atoms. The summed E-state index contributed by atoms with van der Waals surface area (Å²) < 4.78 is 8.74. The van der Waals surface area contributed by atoms with Gasteiger partial charge < -0.3 is 10.1 Å². The van der Waals surface area contributed by atoms with E-state index in [4.69, 9.17) is 16.3 Å². The maximum atomic E-state index is 12.5. The number of nitrogens with zero attached hydrogens (tertiary/aromatic N) is 4. The molecule has 27 heavy (non-hydrogen) atoms. The second-order valence-corrected chi connectivity index (χ2v) is 6.49. The lowest BCUT2D eigenvalue weighted by atomic mass is 10.1. The Morgan fingerprint density at radius 2 is 2.07 bits per heavy atom. The van der Waals surface area contributed by atoms with Gasteiger partial charge in [0, 0.05) is 31.4 Å². The number of anilines is 2. The van der Waals surface area contributed by atoms with Gasteiger partial charge in [-0.05, 0) is 12.1 Å². The fourth-order valence-corrected chi connectivity index (χ4v) is 3.27. The molecule has 0 radical (unpaired) electrons. The molecule has 3 heterocycles. The van der Waals surface area contributed by atoms with Gasteiger partial charge in [-0.15, -0.1) is 0 Å². The zero-order valence-electron chi connectivity index (χ0n) is 14.9. The van der Waals surface area contributed by atoms with Crippen LogP contribution in [0.3, 0.4) is 0 Å². The number of aromatic amines is 1. The fraction of sp³-hybridized carbons (Fsp3) is 0.167. The molecule has 0 atom stereocenters. The summed E-state index contributed by atoms with van der Waals surface area (Å²) in [6, 6.07) is 7.35. The summed E-state index contributed by atoms with van der Waals surface area (Å²) in [4.78, 5) is 16.6. The monoisotopic (exact) mass is 384 g/mol. The Labute approximate surface area is 159 Å². The Morgan fingerprint density at radius 1 is 1.26 bits per heavy atom. The minimum absolute atomic E-state index is 0.195. The first-order chi connectivity index (χ1) is 13.0. The predicted octanol–water partition coefficient (Wildman–Crippen LogP) is 3.07. The lowest BCUT2D eigenvalue weighted by Crippen LogP contribution is -2.12. The van der Waals surface area contributed by atoms with Crippen molar-refractivity contribution in [1.29, 1.82) is 0 Å². The van der Waals surface area contributed by atoms with Crippen molar-refractivity contribution in [3.8, 4) is 16.9 Å². The summed E-state index contributed by atoms with van der Waals surface area (Å²) in [6.07, 6.45) is 3.68. The standard InChI is InChI=1S/C18H17ClN6O2/c1-24-9-10(8-20-24)11-5-4-6-12(16(11)27-3)21-13-7-14(19)22-17-15(13)18(26)25(2)23-17/h4-9H,1-3H3,(H2,21,22,23). The molecule has 9 heteroatoms. The Balaban J connectivity index is 1.87. The van der Waals surface area contributed by atoms with E-state index in [1.54, 1.807) is 31.1 Å². The van der Waals surface area contributed by atoms with Crippen molar-refractivity contribution in [3.63, 3.8) is 0 Å². The van der Waals surface area contributed by atoms with Crippen LogP contribution in [0.25, 0.3) is 22.2 Å². The molecule has 0 aliphatic carbocycles. The highest BCUT2D eigenvalue weighted by atomic mass is 35.5. The largest absolute Gasteiger partial charge is 0.494 e. The smallest absolute Gasteiger partial charge is 0.277 e. The zero-order chi connectivity index (χ0) is 19.1. The molecule has 4 rings (SSSR count). The van der Waals surface area contributed by atoms with Crippen molar-refractivity contribution in [3.05, 3.63) is 52.2 Å². The number of H-pyrrole nitrogens is 1. The summed E-state index contributed by atoms with van der Waals surface area (Å²) in [5.74, 6) is 0.638. The van der Waals surface area contributed by atoms with Crippen molar-refractivity contribution in [2.24, 2.45) is 14.1 Å². The number of benzene rings is 1. The highest BCUT2D eigenvalue weighted by Crippen LogP contribution is 2.38. The van der Waals surface area contributed by atoms with Crippen LogP contribution in [0.4, 0.5) is 11.4 Å². The van der Waals surface area contributed by atoms with E-state index in [-0.39, 0.29) is 10.7 Å². The van der Waals surface area contributed by atoms with Gasteiger partial charge in [0.1, 0.15) is 16.3 Å². The number of fused-ring (bicyclic) bond motifs is 1. The molecule has 1 aromatic carbocycles. The van der Waals surface area contributed by atoms with Crippen molar-refractivity contribution >= 4 is 34.0 Å². The molecular weight excluding hydrogens is 368 g/mol. The molecule has 0 saturated carbocycles. The quantitative estimate of drug-likeness (QED) is 0.528. The average molecular weight is 385 g/mol. The molecule has 0 aliphatic rings. The van der Waals surface area contributed by atoms with Gasteiger partial charge in [-0.25, -0.2) is 4.98 Å². The molecule has 0 bridgehead atoms. The van der Waals surface area contributed by atoms with Crippen molar-refractivity contribution in [1.82, 2.24) is 24.5 Å². The number of pyridine rings is 1. The van der Waals surface area contributed by atoms with Crippen LogP contribution < -0.4 is 15.6 Å². The van der Waals surface area contributed by atoms with Gasteiger partial charge in [0.05, 0.1) is 24.7 Å². The Kier molecular flexibility index (Phi) is 4.12. The second kappa shape index (κ2) is 6.48. The van der Waals surface area contributed by atoms with E-state index in [1.165, 1.54) is 4.68 Å². The number of nitrogens with one attached hydrogen (secondary N) is 2. The van der Waals surface area contributed by atoms with Crippen LogP contribution in [0.15, 0.2) is 41.5 Å². The van der Waals surface area contributed by atoms with Crippen LogP contribution in [-0.2, 0) is 14.1 Å². The normalized spacial score (nSPS) is 11.1. The molecule has 0 amide bonds. The second-order valence-electron chi connectivity index (χ2n) is 6.11. The Morgan fingerprint density at radius 3 is 2.78 bits per heavy atom. The number of aromatic nitrogens is 5. The van der Waals surface area contributed by atoms with E-state index in [9.17, 15) is 4.79 Å². The van der Waals surface area contributed by atoms with E-state index in [0.717, 1.165) is 11.1 Å². The molecule has 0 aliphatic heterocycles. The molecule has 0 unspecified atom stereocenters. The number of para-hydroxylation sites is 1. The first-order valence-electron chi connectivity index (χ1n) is 8.16. The Hall–Kier alpha value is -3.26. The topological polar surface area (TPSA) is 89.8 Å². The minimum atomic E-state index is -0.195. The number of methoxy groups -OCH3 is 1. The maximum Gasteiger partial charge on any atom is 0.277 e. The molecule has 0 fully saturated rings. The molecular formula is C18H17ClN6O2. The predicted molar refractivity (Wildman–Crippen MR) is 105 cm³/mol. The number of aryl methyl sites for hydroxylation is 2. The van der Waals surface area contributed by atoms with Crippen LogP contribution in [0.1, 0.15) is 0 Å². The summed E-state index contributed by atoms with van der Waals surface area (Å²) in [5.41, 5.74) is 3.28. The third-order valence-electron chi connectivity index (χ3n) is 4.28. The Bertz CT molecular complexity index is 1210. The fourth-order valence-electron chi connectivity index (χ4n) is 3.08. The maximum absolute atomic E-state index is 12.5. The van der Waals surface area contributed by atoms with E-state index >= 15 is 0 Å². The van der Waals surface area contributed by atoms with E-state index in [2.05, 4.69) is 20.5 Å². The SMILES string of the molecule is COc1c(Nc2cc(Cl)nc3[nH]n(C)c(=O)c23)cccc1-c1cnn(C)c1. The lowest BCUT2D eigenvalue weighted by molar-refractivity contribution is 0.418. The van der Waals surface area contributed by atoms with Gasteiger partial charge in [0.25, 0.3) is 5.56 Å². The first-order valence-corrected chi connectivity index (χ1v) is 8.54. The van der Waals surface area contributed by atoms with Gasteiger partial charge in [-0.3, -0.25) is 19.3 Å². The first kappa shape index (κ1) is 17.2. The minimum Gasteiger partial charge on any atom is -0.494 e. The number of halogens is 1. The molecule has 2 N–H and O–H groups in total. The number of ether oxygens (including phenoxy) is 1. The van der Waals surface area contributed by atoms with Gasteiger partial charge >= 0.3 is 0 Å². The van der Waals surface area contributed by atoms with Crippen LogP contribution in [0.5, 0.6) is 5.75 Å². The molecule has 0 saturated heterocycles. The summed E-state index contributed by atoms with van der Waals surface area (Å²) in [7, 11) is 5.09. The number of rotatable bonds is 4. The lowest BCUT2D eigenvalue weighted by Gasteiger charge is -2.15. The van der Waals surface area contributed by atoms with Crippen LogP contribution in [0.2, 0.25) is 5.15 Å². The van der Waals surface area contributed by atoms with Crippen LogP contribution in [-0.4, -0.2) is 31.7 Å².